The van der Waals surface area contributed by atoms with Crippen LogP contribution in [0.5, 0.6) is 0 Å². The van der Waals surface area contributed by atoms with Gasteiger partial charge in [0, 0.05) is 17.5 Å². The summed E-state index contributed by atoms with van der Waals surface area (Å²) in [5.41, 5.74) is 4.26. The number of carbonyl (C=O) groups excluding carboxylic acids is 1. The number of hydrogen-bond acceptors (Lipinski definition) is 3. The lowest BCUT2D eigenvalue weighted by Gasteiger charge is -2.33. The molecule has 0 radical (unpaired) electrons. The van der Waals surface area contributed by atoms with Crippen LogP contribution in [0, 0.1) is 0 Å². The highest BCUT2D eigenvalue weighted by Crippen LogP contribution is 2.46. The third-order valence-corrected chi connectivity index (χ3v) is 5.30. The number of benzene rings is 1. The molecule has 1 aromatic heterocycles. The molecule has 0 saturated heterocycles. The summed E-state index contributed by atoms with van der Waals surface area (Å²) in [5, 5.41) is 4.13. The maximum atomic E-state index is 12.6. The molecular formula is C17H17N3OS. The Labute approximate surface area is 133 Å². The van der Waals surface area contributed by atoms with E-state index >= 15 is 0 Å². The van der Waals surface area contributed by atoms with Crippen LogP contribution in [-0.2, 0) is 0 Å². The molecule has 0 spiro atoms. The summed E-state index contributed by atoms with van der Waals surface area (Å²) in [7, 11) is 0. The van der Waals surface area contributed by atoms with Crippen molar-refractivity contribution in [2.24, 2.45) is 0 Å². The zero-order chi connectivity index (χ0) is 15.3. The first-order valence-corrected chi connectivity index (χ1v) is 8.46. The summed E-state index contributed by atoms with van der Waals surface area (Å²) in [6, 6.07) is 10.2. The third-order valence-electron chi connectivity index (χ3n) is 4.20. The second-order valence-corrected chi connectivity index (χ2v) is 6.96. The highest BCUT2D eigenvalue weighted by Gasteiger charge is 2.37. The average molecular weight is 311 g/mol. The van der Waals surface area contributed by atoms with E-state index in [4.69, 9.17) is 0 Å². The van der Waals surface area contributed by atoms with E-state index in [1.54, 1.807) is 22.9 Å². The van der Waals surface area contributed by atoms with Crippen LogP contribution in [0.15, 0.2) is 41.6 Å². The zero-order valence-corrected chi connectivity index (χ0v) is 13.4. The lowest BCUT2D eigenvalue weighted by molar-refractivity contribution is 0.244. The summed E-state index contributed by atoms with van der Waals surface area (Å²) in [6.45, 7) is 4.32. The topological polar surface area (TPSA) is 45.2 Å². The Morgan fingerprint density at radius 2 is 2.23 bits per heavy atom. The summed E-state index contributed by atoms with van der Waals surface area (Å²) < 4.78 is 0. The minimum Gasteiger partial charge on any atom is -0.330 e. The highest BCUT2D eigenvalue weighted by atomic mass is 32.2. The van der Waals surface area contributed by atoms with E-state index in [1.165, 1.54) is 5.56 Å². The van der Waals surface area contributed by atoms with Crippen LogP contribution in [0.1, 0.15) is 36.9 Å². The van der Waals surface area contributed by atoms with Crippen LogP contribution in [-0.4, -0.2) is 16.8 Å². The quantitative estimate of drug-likeness (QED) is 0.903. The molecule has 0 saturated carbocycles. The predicted molar refractivity (Wildman–Crippen MR) is 88.9 cm³/mol. The third kappa shape index (κ3) is 2.00. The van der Waals surface area contributed by atoms with Gasteiger partial charge in [-0.05, 0) is 29.7 Å². The molecule has 22 heavy (non-hydrogen) atoms. The van der Waals surface area contributed by atoms with Gasteiger partial charge in [-0.25, -0.2) is 9.78 Å². The number of aromatic nitrogens is 1. The molecule has 2 amide bonds. The average Bonchev–Trinajstić information content (AvgIpc) is 2.92. The lowest BCUT2D eigenvalue weighted by atomic mass is 10.0. The molecule has 0 fully saturated rings. The van der Waals surface area contributed by atoms with Gasteiger partial charge in [-0.15, -0.1) is 11.8 Å². The second-order valence-electron chi connectivity index (χ2n) is 5.95. The van der Waals surface area contributed by atoms with Gasteiger partial charge in [0.2, 0.25) is 0 Å². The van der Waals surface area contributed by atoms with Crippen LogP contribution in [0.2, 0.25) is 0 Å². The molecule has 0 aliphatic carbocycles. The lowest BCUT2D eigenvalue weighted by Crippen LogP contribution is -2.44. The number of nitrogens with zero attached hydrogens (tertiary/aromatic N) is 2. The number of amides is 2. The van der Waals surface area contributed by atoms with Gasteiger partial charge in [-0.1, -0.05) is 26.0 Å². The fourth-order valence-corrected chi connectivity index (χ4v) is 4.16. The van der Waals surface area contributed by atoms with Crippen molar-refractivity contribution >= 4 is 29.2 Å². The fraction of sp³-hybridized carbons (Fsp3) is 0.294. The molecule has 1 unspecified atom stereocenters. The fourth-order valence-electron chi connectivity index (χ4n) is 3.04. The monoisotopic (exact) mass is 311 g/mol. The van der Waals surface area contributed by atoms with Crippen LogP contribution >= 0.6 is 11.8 Å². The summed E-state index contributed by atoms with van der Waals surface area (Å²) >= 11 is 1.71. The van der Waals surface area contributed by atoms with Gasteiger partial charge in [-0.2, -0.15) is 0 Å². The van der Waals surface area contributed by atoms with Crippen molar-refractivity contribution in [3.05, 3.63) is 47.7 Å². The number of pyridine rings is 1. The van der Waals surface area contributed by atoms with Gasteiger partial charge in [0.15, 0.2) is 0 Å². The van der Waals surface area contributed by atoms with Crippen molar-refractivity contribution in [3.8, 4) is 0 Å². The van der Waals surface area contributed by atoms with Gasteiger partial charge < -0.3 is 5.32 Å². The van der Waals surface area contributed by atoms with E-state index in [0.717, 1.165) is 27.7 Å². The zero-order valence-electron chi connectivity index (χ0n) is 12.5. The second kappa shape index (κ2) is 5.02. The molecule has 3 heterocycles. The predicted octanol–water partition coefficient (Wildman–Crippen LogP) is 4.21. The van der Waals surface area contributed by atoms with E-state index in [1.807, 2.05) is 18.2 Å². The first kappa shape index (κ1) is 13.6. The Bertz CT molecular complexity index is 759. The Morgan fingerprint density at radius 3 is 3.05 bits per heavy atom. The molecule has 1 aromatic carbocycles. The SMILES string of the molecule is CC(C)c1cccc(N2C(=O)NC3CSc4nccc2c43)c1. The molecule has 1 N–H and O–H groups in total. The maximum absolute atomic E-state index is 12.6. The molecule has 0 bridgehead atoms. The van der Waals surface area contributed by atoms with Gasteiger partial charge in [0.25, 0.3) is 0 Å². The molecular weight excluding hydrogens is 294 g/mol. The summed E-state index contributed by atoms with van der Waals surface area (Å²) in [6.07, 6.45) is 1.79. The van der Waals surface area contributed by atoms with Gasteiger partial charge in [-0.3, -0.25) is 4.90 Å². The Kier molecular flexibility index (Phi) is 3.11. The highest BCUT2D eigenvalue weighted by molar-refractivity contribution is 7.99. The number of urea groups is 1. The van der Waals surface area contributed by atoms with Crippen LogP contribution < -0.4 is 10.2 Å². The number of hydrogen-bond donors (Lipinski definition) is 1. The van der Waals surface area contributed by atoms with E-state index in [-0.39, 0.29) is 12.1 Å². The normalized spacial score (nSPS) is 19.3. The molecule has 2 aliphatic heterocycles. The first-order valence-electron chi connectivity index (χ1n) is 7.47. The van der Waals surface area contributed by atoms with Crippen molar-refractivity contribution in [1.29, 1.82) is 0 Å². The number of carbonyl (C=O) groups is 1. The molecule has 4 rings (SSSR count). The van der Waals surface area contributed by atoms with E-state index in [2.05, 4.69) is 36.3 Å². The van der Waals surface area contributed by atoms with Crippen LogP contribution in [0.4, 0.5) is 16.2 Å². The van der Waals surface area contributed by atoms with E-state index < -0.39 is 0 Å². The van der Waals surface area contributed by atoms with Gasteiger partial charge >= 0.3 is 6.03 Å². The van der Waals surface area contributed by atoms with E-state index in [9.17, 15) is 4.79 Å². The van der Waals surface area contributed by atoms with Crippen molar-refractivity contribution in [3.63, 3.8) is 0 Å². The van der Waals surface area contributed by atoms with Crippen molar-refractivity contribution < 1.29 is 4.79 Å². The first-order chi connectivity index (χ1) is 10.6. The van der Waals surface area contributed by atoms with E-state index in [0.29, 0.717) is 5.92 Å². The van der Waals surface area contributed by atoms with Crippen LogP contribution in [0.3, 0.4) is 0 Å². The Balaban J connectivity index is 1.86. The number of nitrogens with one attached hydrogen (secondary N) is 1. The maximum Gasteiger partial charge on any atom is 0.327 e. The largest absolute Gasteiger partial charge is 0.330 e. The van der Waals surface area contributed by atoms with Gasteiger partial charge in [0.1, 0.15) is 5.03 Å². The standard InChI is InChI=1S/C17H17N3OS/c1-10(2)11-4-3-5-12(8-11)20-14-6-7-18-16-15(14)13(9-22-16)19-17(20)21/h3-8,10,13H,9H2,1-2H3,(H,19,21). The van der Waals surface area contributed by atoms with Gasteiger partial charge in [0.05, 0.1) is 17.4 Å². The van der Waals surface area contributed by atoms with Crippen LogP contribution in [0.25, 0.3) is 0 Å². The minimum atomic E-state index is -0.0574. The number of thioether (sulfide) groups is 1. The number of anilines is 2. The molecule has 1 atom stereocenters. The van der Waals surface area contributed by atoms with Crippen molar-refractivity contribution in [2.75, 3.05) is 10.7 Å². The minimum absolute atomic E-state index is 0.0574. The van der Waals surface area contributed by atoms with Crippen molar-refractivity contribution in [2.45, 2.75) is 30.8 Å². The Hall–Kier alpha value is -2.01. The molecule has 112 valence electrons. The summed E-state index contributed by atoms with van der Waals surface area (Å²) in [4.78, 5) is 18.8. The smallest absolute Gasteiger partial charge is 0.327 e. The molecule has 2 aromatic rings. The molecule has 4 nitrogen and oxygen atoms in total. The number of rotatable bonds is 2. The molecule has 5 heteroatoms. The Morgan fingerprint density at radius 1 is 1.36 bits per heavy atom. The van der Waals surface area contributed by atoms with Crippen molar-refractivity contribution in [1.82, 2.24) is 10.3 Å². The molecule has 2 aliphatic rings. The summed E-state index contributed by atoms with van der Waals surface area (Å²) in [5.74, 6) is 1.30.